The van der Waals surface area contributed by atoms with Crippen molar-refractivity contribution < 1.29 is 22.8 Å². The number of rotatable bonds is 4. The summed E-state index contributed by atoms with van der Waals surface area (Å²) in [6, 6.07) is 0.0948. The molecule has 3 N–H and O–H groups in total. The van der Waals surface area contributed by atoms with Crippen LogP contribution >= 0.6 is 0 Å². The second-order valence-corrected chi connectivity index (χ2v) is 6.60. The summed E-state index contributed by atoms with van der Waals surface area (Å²) in [6.07, 6.45) is -0.426. The van der Waals surface area contributed by atoms with Crippen LogP contribution in [0.5, 0.6) is 0 Å². The first-order valence-electron chi connectivity index (χ1n) is 8.15. The van der Waals surface area contributed by atoms with Crippen LogP contribution in [0.1, 0.15) is 38.5 Å². The molecule has 2 atom stereocenters. The van der Waals surface area contributed by atoms with Gasteiger partial charge < -0.3 is 16.0 Å². The van der Waals surface area contributed by atoms with E-state index < -0.39 is 12.1 Å². The first-order chi connectivity index (χ1) is 10.8. The number of nitrogens with two attached hydrogens (primary N) is 1. The van der Waals surface area contributed by atoms with Crippen LogP contribution in [0.4, 0.5) is 13.2 Å². The van der Waals surface area contributed by atoms with Gasteiger partial charge in [-0.05, 0) is 37.5 Å². The number of likely N-dealkylation sites (tertiary alicyclic amines) is 1. The maximum atomic E-state index is 12.4. The van der Waals surface area contributed by atoms with Gasteiger partial charge in [0.25, 0.3) is 0 Å². The van der Waals surface area contributed by atoms with Crippen molar-refractivity contribution in [2.75, 3.05) is 19.6 Å². The minimum absolute atomic E-state index is 0.0406. The molecule has 2 fully saturated rings. The Balaban J connectivity index is 1.66. The summed E-state index contributed by atoms with van der Waals surface area (Å²) in [5.41, 5.74) is 5.94. The third-order valence-electron chi connectivity index (χ3n) is 4.90. The van der Waals surface area contributed by atoms with E-state index in [-0.39, 0.29) is 36.9 Å². The van der Waals surface area contributed by atoms with Crippen molar-refractivity contribution in [2.24, 2.45) is 17.6 Å². The molecule has 0 radical (unpaired) electrons. The molecule has 0 aromatic heterocycles. The van der Waals surface area contributed by atoms with E-state index in [1.807, 2.05) is 0 Å². The molecule has 0 unspecified atom stereocenters. The molecule has 1 saturated carbocycles. The molecule has 1 aliphatic heterocycles. The van der Waals surface area contributed by atoms with Gasteiger partial charge in [-0.1, -0.05) is 6.42 Å². The lowest BCUT2D eigenvalue weighted by atomic mass is 9.96. The summed E-state index contributed by atoms with van der Waals surface area (Å²) < 4.78 is 37.1. The molecule has 1 aliphatic carbocycles. The fraction of sp³-hybridized carbons (Fsp3) is 0.867. The minimum Gasteiger partial charge on any atom is -0.356 e. The summed E-state index contributed by atoms with van der Waals surface area (Å²) in [6.45, 7) is 0.633. The predicted octanol–water partition coefficient (Wildman–Crippen LogP) is 1.42. The molecule has 23 heavy (non-hydrogen) atoms. The third-order valence-corrected chi connectivity index (χ3v) is 4.90. The van der Waals surface area contributed by atoms with E-state index >= 15 is 0 Å². The first kappa shape index (κ1) is 18.0. The molecule has 0 bridgehead atoms. The Kier molecular flexibility index (Phi) is 5.89. The van der Waals surface area contributed by atoms with Gasteiger partial charge >= 0.3 is 12.1 Å². The van der Waals surface area contributed by atoms with Gasteiger partial charge in [-0.2, -0.15) is 13.2 Å². The molecule has 132 valence electrons. The van der Waals surface area contributed by atoms with Crippen LogP contribution < -0.4 is 11.1 Å². The highest BCUT2D eigenvalue weighted by molar-refractivity contribution is 5.81. The van der Waals surface area contributed by atoms with E-state index in [1.165, 1.54) is 0 Å². The lowest BCUT2D eigenvalue weighted by Gasteiger charge is -2.32. The zero-order chi connectivity index (χ0) is 17.0. The maximum Gasteiger partial charge on any atom is 0.471 e. The van der Waals surface area contributed by atoms with Crippen molar-refractivity contribution in [1.29, 1.82) is 0 Å². The quantitative estimate of drug-likeness (QED) is 0.816. The molecule has 8 heteroatoms. The Labute approximate surface area is 133 Å². The fourth-order valence-electron chi connectivity index (χ4n) is 3.41. The van der Waals surface area contributed by atoms with Gasteiger partial charge in [-0.3, -0.25) is 9.59 Å². The van der Waals surface area contributed by atoms with Crippen molar-refractivity contribution in [3.8, 4) is 0 Å². The average molecular weight is 335 g/mol. The maximum absolute atomic E-state index is 12.4. The highest BCUT2D eigenvalue weighted by Gasteiger charge is 2.43. The zero-order valence-corrected chi connectivity index (χ0v) is 13.1. The third kappa shape index (κ3) is 5.09. The second-order valence-electron chi connectivity index (χ2n) is 6.60. The van der Waals surface area contributed by atoms with Crippen molar-refractivity contribution in [1.82, 2.24) is 10.2 Å². The topological polar surface area (TPSA) is 75.4 Å². The van der Waals surface area contributed by atoms with Gasteiger partial charge in [0, 0.05) is 32.1 Å². The van der Waals surface area contributed by atoms with Crippen molar-refractivity contribution >= 4 is 11.8 Å². The second kappa shape index (κ2) is 7.51. The van der Waals surface area contributed by atoms with Crippen molar-refractivity contribution in [2.45, 2.75) is 50.7 Å². The number of carbonyl (C=O) groups is 2. The van der Waals surface area contributed by atoms with Gasteiger partial charge in [-0.25, -0.2) is 0 Å². The number of carbonyl (C=O) groups excluding carboxylic acids is 2. The summed E-state index contributed by atoms with van der Waals surface area (Å²) in [5, 5.41) is 2.85. The summed E-state index contributed by atoms with van der Waals surface area (Å²) in [4.78, 5) is 23.9. The first-order valence-corrected chi connectivity index (χ1v) is 8.15. The van der Waals surface area contributed by atoms with E-state index in [2.05, 4.69) is 5.32 Å². The van der Waals surface area contributed by atoms with Gasteiger partial charge in [0.05, 0.1) is 0 Å². The van der Waals surface area contributed by atoms with Crippen LogP contribution in [0.25, 0.3) is 0 Å². The number of nitrogens with one attached hydrogen (secondary N) is 1. The van der Waals surface area contributed by atoms with Crippen molar-refractivity contribution in [3.63, 3.8) is 0 Å². The largest absolute Gasteiger partial charge is 0.471 e. The highest BCUT2D eigenvalue weighted by Crippen LogP contribution is 2.27. The lowest BCUT2D eigenvalue weighted by Crippen LogP contribution is -2.46. The molecule has 2 amide bonds. The standard InChI is InChI=1S/C15H24F3N3O2/c16-15(17,18)14(23)21-6-4-10(5-7-21)9-20-13(22)8-11-2-1-3-12(11)19/h10-12H,1-9,19H2,(H,20,22)/t11-,12+/m0/s1. The van der Waals surface area contributed by atoms with Crippen LogP contribution in [0.15, 0.2) is 0 Å². The number of amides is 2. The molecular weight excluding hydrogens is 311 g/mol. The molecule has 5 nitrogen and oxygen atoms in total. The normalized spacial score (nSPS) is 26.3. The summed E-state index contributed by atoms with van der Waals surface area (Å²) in [7, 11) is 0. The van der Waals surface area contributed by atoms with E-state index in [1.54, 1.807) is 0 Å². The number of hydrogen-bond acceptors (Lipinski definition) is 3. The molecule has 0 aromatic carbocycles. The molecule has 2 aliphatic rings. The SMILES string of the molecule is N[C@@H]1CCC[C@H]1CC(=O)NCC1CCN(C(=O)C(F)(F)F)CC1. The van der Waals surface area contributed by atoms with Crippen LogP contribution in [0.2, 0.25) is 0 Å². The number of alkyl halides is 3. The Hall–Kier alpha value is -1.31. The Morgan fingerprint density at radius 2 is 1.78 bits per heavy atom. The molecule has 1 saturated heterocycles. The zero-order valence-electron chi connectivity index (χ0n) is 13.1. The molecule has 0 spiro atoms. The van der Waals surface area contributed by atoms with Crippen LogP contribution in [-0.2, 0) is 9.59 Å². The fourth-order valence-corrected chi connectivity index (χ4v) is 3.41. The Morgan fingerprint density at radius 3 is 2.30 bits per heavy atom. The molecule has 1 heterocycles. The van der Waals surface area contributed by atoms with Crippen molar-refractivity contribution in [3.05, 3.63) is 0 Å². The Morgan fingerprint density at radius 1 is 1.13 bits per heavy atom. The number of halogens is 3. The van der Waals surface area contributed by atoms with Gasteiger partial charge in [0.15, 0.2) is 0 Å². The van der Waals surface area contributed by atoms with Gasteiger partial charge in [0.1, 0.15) is 0 Å². The summed E-state index contributed by atoms with van der Waals surface area (Å²) >= 11 is 0. The molecular formula is C15H24F3N3O2. The predicted molar refractivity (Wildman–Crippen MR) is 78.3 cm³/mol. The minimum atomic E-state index is -4.80. The molecule has 2 rings (SSSR count). The number of piperidine rings is 1. The van der Waals surface area contributed by atoms with Crippen LogP contribution in [-0.4, -0.2) is 48.6 Å². The van der Waals surface area contributed by atoms with Gasteiger partial charge in [0.2, 0.25) is 5.91 Å². The average Bonchev–Trinajstić information content (AvgIpc) is 2.89. The van der Waals surface area contributed by atoms with Crippen LogP contribution in [0, 0.1) is 11.8 Å². The van der Waals surface area contributed by atoms with E-state index in [9.17, 15) is 22.8 Å². The highest BCUT2D eigenvalue weighted by atomic mass is 19.4. The van der Waals surface area contributed by atoms with Gasteiger partial charge in [-0.15, -0.1) is 0 Å². The van der Waals surface area contributed by atoms with E-state index in [4.69, 9.17) is 5.73 Å². The molecule has 0 aromatic rings. The number of nitrogens with zero attached hydrogens (tertiary/aromatic N) is 1. The van der Waals surface area contributed by atoms with E-state index in [0.717, 1.165) is 24.2 Å². The Bertz CT molecular complexity index is 434. The summed E-state index contributed by atoms with van der Waals surface area (Å²) in [5.74, 6) is -1.45. The lowest BCUT2D eigenvalue weighted by molar-refractivity contribution is -0.186. The van der Waals surface area contributed by atoms with E-state index in [0.29, 0.717) is 25.8 Å². The number of hydrogen-bond donors (Lipinski definition) is 2. The smallest absolute Gasteiger partial charge is 0.356 e. The monoisotopic (exact) mass is 335 g/mol. The van der Waals surface area contributed by atoms with Crippen LogP contribution in [0.3, 0.4) is 0 Å².